The van der Waals surface area contributed by atoms with Gasteiger partial charge >= 0.3 is 0 Å². The van der Waals surface area contributed by atoms with E-state index in [2.05, 4.69) is 27.4 Å². The lowest BCUT2D eigenvalue weighted by Crippen LogP contribution is -2.62. The molecule has 242 valence electrons. The number of sulfone groups is 1. The number of rotatable bonds is 9. The number of halogens is 2. The standard InChI is InChI=1S/C34H41F2N3O4S2/c1-42-30-19-25(45(2,40)41)12-13-28(30)37-16-4-7-31-27(20-32(35)36)26-5-3-6-29(33(26)44-31)38-23-8-10-24(11-9-23)39-21-34(22-39)14-17-43-18-15-34/h3,5-6,12-13,19,23-24,32,37-38H,8-11,14-18,20-22H2,1-2H3. The number of benzene rings is 2. The van der Waals surface area contributed by atoms with E-state index in [1.54, 1.807) is 6.07 Å². The van der Waals surface area contributed by atoms with Gasteiger partial charge in [0.1, 0.15) is 5.75 Å². The highest BCUT2D eigenvalue weighted by Crippen LogP contribution is 2.43. The Labute approximate surface area is 268 Å². The quantitative estimate of drug-likeness (QED) is 0.257. The van der Waals surface area contributed by atoms with E-state index in [9.17, 15) is 17.2 Å². The van der Waals surface area contributed by atoms with E-state index in [0.29, 0.717) is 39.4 Å². The molecule has 3 aromatic rings. The van der Waals surface area contributed by atoms with Crippen LogP contribution in [0, 0.1) is 17.3 Å². The molecule has 7 nitrogen and oxygen atoms in total. The van der Waals surface area contributed by atoms with Crippen molar-refractivity contribution < 1.29 is 26.7 Å². The number of fused-ring (bicyclic) bond motifs is 1. The average Bonchev–Trinajstić information content (AvgIpc) is 3.35. The first-order chi connectivity index (χ1) is 21.6. The lowest BCUT2D eigenvalue weighted by atomic mass is 9.71. The number of alkyl halides is 2. The Balaban J connectivity index is 1.12. The minimum absolute atomic E-state index is 0.162. The summed E-state index contributed by atoms with van der Waals surface area (Å²) in [7, 11) is -1.90. The summed E-state index contributed by atoms with van der Waals surface area (Å²) < 4.78 is 63.1. The van der Waals surface area contributed by atoms with E-state index in [4.69, 9.17) is 9.47 Å². The Morgan fingerprint density at radius 1 is 1.11 bits per heavy atom. The van der Waals surface area contributed by atoms with Crippen molar-refractivity contribution in [1.82, 2.24) is 4.90 Å². The second-order valence-corrected chi connectivity index (χ2v) is 15.7. The Kier molecular flexibility index (Phi) is 9.57. The molecular formula is C34H41F2N3O4S2. The zero-order chi connectivity index (χ0) is 31.6. The third-order valence-electron chi connectivity index (χ3n) is 9.55. The number of anilines is 2. The van der Waals surface area contributed by atoms with Crippen LogP contribution in [0.2, 0.25) is 0 Å². The predicted octanol–water partition coefficient (Wildman–Crippen LogP) is 6.42. The first-order valence-electron chi connectivity index (χ1n) is 15.7. The molecule has 2 N–H and O–H groups in total. The van der Waals surface area contributed by atoms with Gasteiger partial charge in [-0.05, 0) is 67.7 Å². The van der Waals surface area contributed by atoms with Crippen molar-refractivity contribution in [2.24, 2.45) is 5.41 Å². The Bertz CT molecular complexity index is 1680. The highest BCUT2D eigenvalue weighted by atomic mass is 32.2. The van der Waals surface area contributed by atoms with Gasteiger partial charge in [-0.25, -0.2) is 17.2 Å². The van der Waals surface area contributed by atoms with Crippen LogP contribution in [0.15, 0.2) is 41.3 Å². The fraction of sp³-hybridized carbons (Fsp3) is 0.529. The molecule has 3 aliphatic rings. The molecule has 1 aromatic heterocycles. The van der Waals surface area contributed by atoms with E-state index in [0.717, 1.165) is 48.1 Å². The summed E-state index contributed by atoms with van der Waals surface area (Å²) in [6.45, 7) is 4.46. The first kappa shape index (κ1) is 32.0. The Morgan fingerprint density at radius 2 is 1.87 bits per heavy atom. The van der Waals surface area contributed by atoms with Crippen LogP contribution < -0.4 is 15.4 Å². The van der Waals surface area contributed by atoms with Gasteiger partial charge in [-0.15, -0.1) is 11.3 Å². The zero-order valence-electron chi connectivity index (χ0n) is 25.8. The molecule has 0 bridgehead atoms. The minimum Gasteiger partial charge on any atom is -0.495 e. The molecule has 1 spiro atoms. The number of thiophene rings is 1. The SMILES string of the molecule is COc1cc(S(C)(=O)=O)ccc1NCC#Cc1sc2c(NC3CCC(N4CC5(CCOCC5)C4)CC3)cccc2c1CC(F)F. The molecule has 3 fully saturated rings. The fourth-order valence-corrected chi connectivity index (χ4v) is 8.87. The van der Waals surface area contributed by atoms with Crippen LogP contribution in [-0.2, 0) is 21.0 Å². The number of hydrogen-bond acceptors (Lipinski definition) is 8. The monoisotopic (exact) mass is 657 g/mol. The van der Waals surface area contributed by atoms with Gasteiger partial charge in [0.25, 0.3) is 0 Å². The summed E-state index contributed by atoms with van der Waals surface area (Å²) in [5, 5.41) is 7.74. The van der Waals surface area contributed by atoms with Crippen molar-refractivity contribution in [3.63, 3.8) is 0 Å². The van der Waals surface area contributed by atoms with Crippen molar-refractivity contribution in [2.45, 2.75) is 68.4 Å². The van der Waals surface area contributed by atoms with Crippen LogP contribution in [0.25, 0.3) is 10.1 Å². The molecule has 0 unspecified atom stereocenters. The molecule has 0 atom stereocenters. The Morgan fingerprint density at radius 3 is 2.56 bits per heavy atom. The van der Waals surface area contributed by atoms with Gasteiger partial charge in [0, 0.05) is 62.5 Å². The van der Waals surface area contributed by atoms with Gasteiger partial charge in [0.2, 0.25) is 6.43 Å². The van der Waals surface area contributed by atoms with Crippen molar-refractivity contribution in [3.8, 4) is 17.6 Å². The van der Waals surface area contributed by atoms with Crippen LogP contribution in [0.1, 0.15) is 49.0 Å². The second-order valence-electron chi connectivity index (χ2n) is 12.6. The van der Waals surface area contributed by atoms with E-state index in [1.165, 1.54) is 69.4 Å². The van der Waals surface area contributed by atoms with E-state index < -0.39 is 16.3 Å². The zero-order valence-corrected chi connectivity index (χ0v) is 27.5. The Hall–Kier alpha value is -2.91. The maximum atomic E-state index is 13.7. The molecule has 45 heavy (non-hydrogen) atoms. The molecule has 11 heteroatoms. The van der Waals surface area contributed by atoms with Crippen LogP contribution in [0.4, 0.5) is 20.2 Å². The number of ether oxygens (including phenoxy) is 2. The summed E-state index contributed by atoms with van der Waals surface area (Å²) in [4.78, 5) is 3.48. The predicted molar refractivity (Wildman–Crippen MR) is 177 cm³/mol. The van der Waals surface area contributed by atoms with Gasteiger partial charge in [0.15, 0.2) is 9.84 Å². The highest BCUT2D eigenvalue weighted by Gasteiger charge is 2.46. The smallest absolute Gasteiger partial charge is 0.242 e. The number of nitrogens with zero attached hydrogens (tertiary/aromatic N) is 1. The van der Waals surface area contributed by atoms with Crippen LogP contribution >= 0.6 is 11.3 Å². The number of hydrogen-bond donors (Lipinski definition) is 2. The molecule has 1 aliphatic carbocycles. The summed E-state index contributed by atoms with van der Waals surface area (Å²) in [6.07, 6.45) is 5.23. The molecule has 2 aliphatic heterocycles. The largest absolute Gasteiger partial charge is 0.495 e. The third kappa shape index (κ3) is 7.25. The van der Waals surface area contributed by atoms with Crippen molar-refractivity contribution >= 4 is 42.6 Å². The molecule has 6 rings (SSSR count). The first-order valence-corrected chi connectivity index (χ1v) is 18.4. The van der Waals surface area contributed by atoms with Crippen molar-refractivity contribution in [2.75, 3.05) is 56.8 Å². The van der Waals surface area contributed by atoms with Gasteiger partial charge in [-0.1, -0.05) is 24.0 Å². The van der Waals surface area contributed by atoms with Gasteiger partial charge < -0.3 is 20.1 Å². The van der Waals surface area contributed by atoms with Gasteiger partial charge in [0.05, 0.1) is 39.5 Å². The highest BCUT2D eigenvalue weighted by molar-refractivity contribution is 7.90. The summed E-state index contributed by atoms with van der Waals surface area (Å²) in [5.41, 5.74) is 2.66. The van der Waals surface area contributed by atoms with Crippen molar-refractivity contribution in [3.05, 3.63) is 46.8 Å². The van der Waals surface area contributed by atoms with Crippen LogP contribution in [0.5, 0.6) is 5.75 Å². The maximum absolute atomic E-state index is 13.7. The molecule has 2 saturated heterocycles. The maximum Gasteiger partial charge on any atom is 0.242 e. The molecule has 0 amide bonds. The van der Waals surface area contributed by atoms with E-state index in [1.807, 2.05) is 18.2 Å². The normalized spacial score (nSPS) is 21.7. The average molecular weight is 658 g/mol. The lowest BCUT2D eigenvalue weighted by molar-refractivity contribution is -0.102. The molecule has 1 saturated carbocycles. The molecule has 0 radical (unpaired) electrons. The molecule has 2 aromatic carbocycles. The fourth-order valence-electron chi connectivity index (χ4n) is 7.05. The second kappa shape index (κ2) is 13.4. The summed E-state index contributed by atoms with van der Waals surface area (Å²) >= 11 is 1.46. The van der Waals surface area contributed by atoms with E-state index in [-0.39, 0.29) is 17.9 Å². The van der Waals surface area contributed by atoms with Crippen LogP contribution in [0.3, 0.4) is 0 Å². The number of likely N-dealkylation sites (tertiary alicyclic amines) is 1. The van der Waals surface area contributed by atoms with Crippen LogP contribution in [-0.4, -0.2) is 78.0 Å². The third-order valence-corrected chi connectivity index (χ3v) is 11.9. The van der Waals surface area contributed by atoms with Gasteiger partial charge in [-0.2, -0.15) is 0 Å². The van der Waals surface area contributed by atoms with E-state index >= 15 is 0 Å². The number of methoxy groups -OCH3 is 1. The van der Waals surface area contributed by atoms with Crippen molar-refractivity contribution in [1.29, 1.82) is 0 Å². The lowest BCUT2D eigenvalue weighted by Gasteiger charge is -2.56. The molecule has 3 heterocycles. The topological polar surface area (TPSA) is 79.9 Å². The molecular weight excluding hydrogens is 617 g/mol. The summed E-state index contributed by atoms with van der Waals surface area (Å²) in [5.74, 6) is 6.59. The summed E-state index contributed by atoms with van der Waals surface area (Å²) in [6, 6.07) is 11.5. The number of nitrogens with one attached hydrogen (secondary N) is 2. The minimum atomic E-state index is -3.37. The van der Waals surface area contributed by atoms with Gasteiger partial charge in [-0.3, -0.25) is 4.90 Å².